The van der Waals surface area contributed by atoms with E-state index in [-0.39, 0.29) is 6.17 Å². The van der Waals surface area contributed by atoms with Gasteiger partial charge in [-0.05, 0) is 37.1 Å². The maximum atomic E-state index is 5.12. The second-order valence-electron chi connectivity index (χ2n) is 8.70. The third kappa shape index (κ3) is 6.16. The van der Waals surface area contributed by atoms with Crippen molar-refractivity contribution in [3.05, 3.63) is 96.6 Å². The zero-order valence-corrected chi connectivity index (χ0v) is 19.7. The minimum absolute atomic E-state index is 0.0953. The topological polar surface area (TPSA) is 30.9 Å². The van der Waals surface area contributed by atoms with Crippen molar-refractivity contribution in [3.8, 4) is 0 Å². The molecule has 0 radical (unpaired) electrons. The SMILES string of the molecule is CCCCCCCCCC1N(c2ccccc2)N=C(c2ccccc2)NN1c1ccccc1. The van der Waals surface area contributed by atoms with Gasteiger partial charge in [0, 0.05) is 5.56 Å². The van der Waals surface area contributed by atoms with Crippen molar-refractivity contribution >= 4 is 17.2 Å². The highest BCUT2D eigenvalue weighted by Gasteiger charge is 2.31. The maximum Gasteiger partial charge on any atom is 0.172 e. The third-order valence-corrected chi connectivity index (χ3v) is 6.18. The molecule has 4 rings (SSSR count). The molecule has 1 aliphatic rings. The summed E-state index contributed by atoms with van der Waals surface area (Å²) in [6, 6.07) is 31.5. The first-order valence-electron chi connectivity index (χ1n) is 12.5. The number of anilines is 2. The zero-order valence-electron chi connectivity index (χ0n) is 19.7. The van der Waals surface area contributed by atoms with Gasteiger partial charge in [-0.15, -0.1) is 0 Å². The number of hydrazone groups is 1. The van der Waals surface area contributed by atoms with E-state index in [9.17, 15) is 0 Å². The van der Waals surface area contributed by atoms with Crippen LogP contribution in [-0.4, -0.2) is 12.0 Å². The van der Waals surface area contributed by atoms with Gasteiger partial charge in [0.05, 0.1) is 11.4 Å². The lowest BCUT2D eigenvalue weighted by Crippen LogP contribution is -2.60. The van der Waals surface area contributed by atoms with Crippen molar-refractivity contribution < 1.29 is 0 Å². The Labute approximate surface area is 198 Å². The third-order valence-electron chi connectivity index (χ3n) is 6.18. The van der Waals surface area contributed by atoms with Crippen LogP contribution in [0.1, 0.15) is 63.9 Å². The van der Waals surface area contributed by atoms with Crippen molar-refractivity contribution in [1.82, 2.24) is 5.43 Å². The molecular weight excluding hydrogens is 404 g/mol. The zero-order chi connectivity index (χ0) is 22.7. The van der Waals surface area contributed by atoms with Crippen LogP contribution >= 0.6 is 0 Å². The maximum absolute atomic E-state index is 5.12. The monoisotopic (exact) mass is 440 g/mol. The molecule has 0 aromatic heterocycles. The molecule has 4 nitrogen and oxygen atoms in total. The van der Waals surface area contributed by atoms with Crippen molar-refractivity contribution in [2.45, 2.75) is 64.5 Å². The van der Waals surface area contributed by atoms with Gasteiger partial charge < -0.3 is 0 Å². The van der Waals surface area contributed by atoms with Crippen LogP contribution < -0.4 is 15.4 Å². The first kappa shape index (κ1) is 22.9. The number of para-hydroxylation sites is 2. The molecule has 4 heteroatoms. The summed E-state index contributed by atoms with van der Waals surface area (Å²) in [6.07, 6.45) is 10.3. The van der Waals surface area contributed by atoms with Crippen molar-refractivity contribution in [1.29, 1.82) is 0 Å². The quantitative estimate of drug-likeness (QED) is 0.316. The number of nitrogens with one attached hydrogen (secondary N) is 1. The van der Waals surface area contributed by atoms with Crippen molar-refractivity contribution in [2.24, 2.45) is 5.10 Å². The summed E-state index contributed by atoms with van der Waals surface area (Å²) < 4.78 is 0. The average Bonchev–Trinajstić information content (AvgIpc) is 2.89. The minimum Gasteiger partial charge on any atom is -0.278 e. The van der Waals surface area contributed by atoms with Gasteiger partial charge in [-0.2, -0.15) is 5.10 Å². The van der Waals surface area contributed by atoms with Gasteiger partial charge in [0.1, 0.15) is 6.17 Å². The summed E-state index contributed by atoms with van der Waals surface area (Å²) in [7, 11) is 0. The molecule has 3 aromatic rings. The van der Waals surface area contributed by atoms with E-state index in [2.05, 4.69) is 107 Å². The molecule has 3 aromatic carbocycles. The van der Waals surface area contributed by atoms with Gasteiger partial charge >= 0.3 is 0 Å². The molecule has 33 heavy (non-hydrogen) atoms. The molecular formula is C29H36N4. The van der Waals surface area contributed by atoms with Gasteiger partial charge in [0.25, 0.3) is 0 Å². The highest BCUT2D eigenvalue weighted by atomic mass is 15.7. The molecule has 0 fully saturated rings. The molecule has 0 saturated carbocycles. The molecule has 0 saturated heterocycles. The van der Waals surface area contributed by atoms with E-state index < -0.39 is 0 Å². The van der Waals surface area contributed by atoms with E-state index in [0.717, 1.165) is 29.2 Å². The molecule has 1 aliphatic heterocycles. The Kier molecular flexibility index (Phi) is 8.40. The van der Waals surface area contributed by atoms with E-state index >= 15 is 0 Å². The Morgan fingerprint density at radius 1 is 0.667 bits per heavy atom. The standard InChI is InChI=1S/C29H36N4/c1-2-3-4-5-6-7-17-24-28-32(26-20-13-9-14-21-26)30-29(25-18-11-8-12-19-25)31-33(28)27-22-15-10-16-23-27/h8-16,18-23,28H,2-7,17,24H2,1H3,(H,30,31). The Morgan fingerprint density at radius 3 is 1.85 bits per heavy atom. The van der Waals surface area contributed by atoms with E-state index in [0.29, 0.717) is 0 Å². The Bertz CT molecular complexity index is 972. The van der Waals surface area contributed by atoms with Crippen molar-refractivity contribution in [2.75, 3.05) is 10.0 Å². The van der Waals surface area contributed by atoms with E-state index in [1.54, 1.807) is 0 Å². The lowest BCUT2D eigenvalue weighted by molar-refractivity contribution is 0.458. The van der Waals surface area contributed by atoms with Crippen LogP contribution in [0.25, 0.3) is 0 Å². The second kappa shape index (κ2) is 12.1. The predicted octanol–water partition coefficient (Wildman–Crippen LogP) is 7.35. The van der Waals surface area contributed by atoms with Gasteiger partial charge in [-0.1, -0.05) is 112 Å². The number of hydrogen-bond acceptors (Lipinski definition) is 4. The number of nitrogens with zero attached hydrogens (tertiary/aromatic N) is 3. The number of benzene rings is 3. The van der Waals surface area contributed by atoms with Crippen LogP contribution in [0.2, 0.25) is 0 Å². The van der Waals surface area contributed by atoms with Crippen LogP contribution in [0, 0.1) is 0 Å². The molecule has 1 N–H and O–H groups in total. The smallest absolute Gasteiger partial charge is 0.172 e. The summed E-state index contributed by atoms with van der Waals surface area (Å²) in [6.45, 7) is 2.27. The van der Waals surface area contributed by atoms with Crippen LogP contribution in [0.4, 0.5) is 11.4 Å². The molecule has 1 atom stereocenters. The summed E-state index contributed by atoms with van der Waals surface area (Å²) in [5.41, 5.74) is 6.98. The first-order chi connectivity index (χ1) is 16.4. The van der Waals surface area contributed by atoms with Crippen molar-refractivity contribution in [3.63, 3.8) is 0 Å². The van der Waals surface area contributed by atoms with Crippen LogP contribution in [0.5, 0.6) is 0 Å². The normalized spacial score (nSPS) is 15.8. The molecule has 0 bridgehead atoms. The molecule has 1 unspecified atom stereocenters. The number of hydrazine groups is 1. The summed E-state index contributed by atoms with van der Waals surface area (Å²) in [4.78, 5) is 0. The second-order valence-corrected chi connectivity index (χ2v) is 8.70. The van der Waals surface area contributed by atoms with Crippen LogP contribution in [0.3, 0.4) is 0 Å². The summed E-state index contributed by atoms with van der Waals surface area (Å²) in [5, 5.41) is 9.60. The lowest BCUT2D eigenvalue weighted by atomic mass is 10.1. The Hall–Kier alpha value is -3.27. The summed E-state index contributed by atoms with van der Waals surface area (Å²) in [5.74, 6) is 0.860. The van der Waals surface area contributed by atoms with Crippen LogP contribution in [0.15, 0.2) is 96.1 Å². The summed E-state index contributed by atoms with van der Waals surface area (Å²) >= 11 is 0. The number of unbranched alkanes of at least 4 members (excludes halogenated alkanes) is 6. The highest BCUT2D eigenvalue weighted by Crippen LogP contribution is 2.29. The first-order valence-corrected chi connectivity index (χ1v) is 12.5. The molecule has 0 spiro atoms. The number of hydrogen-bond donors (Lipinski definition) is 1. The van der Waals surface area contributed by atoms with E-state index in [1.807, 2.05) is 6.07 Å². The molecule has 0 amide bonds. The minimum atomic E-state index is 0.0953. The van der Waals surface area contributed by atoms with Gasteiger partial charge in [-0.3, -0.25) is 10.4 Å². The molecule has 1 heterocycles. The fourth-order valence-corrected chi connectivity index (χ4v) is 4.38. The van der Waals surface area contributed by atoms with Gasteiger partial charge in [-0.25, -0.2) is 5.01 Å². The van der Waals surface area contributed by atoms with Gasteiger partial charge in [0.2, 0.25) is 0 Å². The fourth-order valence-electron chi connectivity index (χ4n) is 4.38. The Balaban J connectivity index is 1.61. The largest absolute Gasteiger partial charge is 0.278 e. The lowest BCUT2D eigenvalue weighted by Gasteiger charge is -2.44. The molecule has 0 aliphatic carbocycles. The number of rotatable bonds is 11. The van der Waals surface area contributed by atoms with Gasteiger partial charge in [0.15, 0.2) is 5.84 Å². The fraction of sp³-hybridized carbons (Fsp3) is 0.345. The highest BCUT2D eigenvalue weighted by molar-refractivity contribution is 6.01. The molecule has 172 valence electrons. The van der Waals surface area contributed by atoms with E-state index in [4.69, 9.17) is 5.10 Å². The Morgan fingerprint density at radius 2 is 1.21 bits per heavy atom. The average molecular weight is 441 g/mol. The van der Waals surface area contributed by atoms with E-state index in [1.165, 1.54) is 44.9 Å². The predicted molar refractivity (Wildman–Crippen MR) is 140 cm³/mol. The van der Waals surface area contributed by atoms with Crippen LogP contribution in [-0.2, 0) is 0 Å². The number of amidine groups is 1.